The lowest BCUT2D eigenvalue weighted by molar-refractivity contribution is -0.141. The van der Waals surface area contributed by atoms with E-state index in [9.17, 15) is 9.59 Å². The summed E-state index contributed by atoms with van der Waals surface area (Å²) in [6.45, 7) is 11.2. The van der Waals surface area contributed by atoms with Crippen molar-refractivity contribution in [3.63, 3.8) is 0 Å². The van der Waals surface area contributed by atoms with Crippen molar-refractivity contribution in [2.45, 2.75) is 59.7 Å². The van der Waals surface area contributed by atoms with Crippen LogP contribution >= 0.6 is 0 Å². The first-order valence-corrected chi connectivity index (χ1v) is 7.33. The second-order valence-electron chi connectivity index (χ2n) is 5.77. The van der Waals surface area contributed by atoms with Crippen LogP contribution in [-0.4, -0.2) is 34.8 Å². The third-order valence-electron chi connectivity index (χ3n) is 3.29. The summed E-state index contributed by atoms with van der Waals surface area (Å²) < 4.78 is 5.69. The predicted octanol–water partition coefficient (Wildman–Crippen LogP) is 3.30. The lowest BCUT2D eigenvalue weighted by Crippen LogP contribution is -2.47. The lowest BCUT2D eigenvalue weighted by atomic mass is 10.1. The van der Waals surface area contributed by atoms with Crippen LogP contribution in [0.5, 0.6) is 5.75 Å². The number of hydrogen-bond donors (Lipinski definition) is 0. The zero-order chi connectivity index (χ0) is 16.2. The van der Waals surface area contributed by atoms with Gasteiger partial charge in [0.2, 0.25) is 0 Å². The Labute approximate surface area is 127 Å². The van der Waals surface area contributed by atoms with Gasteiger partial charge in [0.25, 0.3) is 5.91 Å². The number of hydrogen-bond acceptors (Lipinski definition) is 3. The Bertz CT molecular complexity index is 483. The van der Waals surface area contributed by atoms with Gasteiger partial charge in [0, 0.05) is 17.6 Å². The Hall–Kier alpha value is -1.84. The van der Waals surface area contributed by atoms with Crippen molar-refractivity contribution in [2.75, 3.05) is 0 Å². The largest absolute Gasteiger partial charge is 0.481 e. The summed E-state index contributed by atoms with van der Waals surface area (Å²) in [5.74, 6) is 0.570. The summed E-state index contributed by atoms with van der Waals surface area (Å²) in [5, 5.41) is 0. The van der Waals surface area contributed by atoms with Crippen molar-refractivity contribution in [3.05, 3.63) is 29.8 Å². The summed E-state index contributed by atoms with van der Waals surface area (Å²) in [6, 6.07) is 7.10. The molecule has 0 saturated heterocycles. The van der Waals surface area contributed by atoms with Gasteiger partial charge in [-0.05, 0) is 65.8 Å². The summed E-state index contributed by atoms with van der Waals surface area (Å²) in [4.78, 5) is 25.5. The van der Waals surface area contributed by atoms with E-state index < -0.39 is 6.10 Å². The number of carbonyl (C=O) groups excluding carboxylic acids is 2. The molecule has 0 aliphatic heterocycles. The first kappa shape index (κ1) is 17.2. The summed E-state index contributed by atoms with van der Waals surface area (Å²) >= 11 is 0. The first-order valence-electron chi connectivity index (χ1n) is 7.33. The monoisotopic (exact) mass is 291 g/mol. The van der Waals surface area contributed by atoms with Crippen LogP contribution < -0.4 is 4.74 Å². The molecule has 4 nitrogen and oxygen atoms in total. The SMILES string of the molecule is CC(=O)c1ccc(OC(C)C(=O)N(C(C)C)C(C)C)cc1. The van der Waals surface area contributed by atoms with Crippen LogP contribution in [0.2, 0.25) is 0 Å². The first-order chi connectivity index (χ1) is 9.73. The molecule has 0 bridgehead atoms. The molecule has 1 aromatic rings. The normalized spacial score (nSPS) is 12.4. The Kier molecular flexibility index (Phi) is 5.94. The fourth-order valence-electron chi connectivity index (χ4n) is 2.34. The molecule has 0 N–H and O–H groups in total. The van der Waals surface area contributed by atoms with E-state index in [0.29, 0.717) is 11.3 Å². The second kappa shape index (κ2) is 7.25. The van der Waals surface area contributed by atoms with Gasteiger partial charge in [-0.15, -0.1) is 0 Å². The molecule has 116 valence electrons. The molecule has 0 radical (unpaired) electrons. The molecule has 0 aromatic heterocycles. The molecular weight excluding hydrogens is 266 g/mol. The predicted molar refractivity (Wildman–Crippen MR) is 83.7 cm³/mol. The third-order valence-corrected chi connectivity index (χ3v) is 3.29. The van der Waals surface area contributed by atoms with Crippen LogP contribution in [0.4, 0.5) is 0 Å². The number of rotatable bonds is 6. The average Bonchev–Trinajstić information content (AvgIpc) is 2.38. The topological polar surface area (TPSA) is 46.6 Å². The van der Waals surface area contributed by atoms with E-state index in [1.54, 1.807) is 31.2 Å². The standard InChI is InChI=1S/C17H25NO3/c1-11(2)18(12(3)4)17(20)14(6)21-16-9-7-15(8-10-16)13(5)19/h7-12,14H,1-6H3. The number of Topliss-reactive ketones (excluding diaryl/α,β-unsaturated/α-hetero) is 1. The lowest BCUT2D eigenvalue weighted by Gasteiger charge is -2.33. The van der Waals surface area contributed by atoms with Crippen molar-refractivity contribution in [2.24, 2.45) is 0 Å². The molecule has 1 amide bonds. The van der Waals surface area contributed by atoms with Gasteiger partial charge < -0.3 is 9.64 Å². The molecule has 0 saturated carbocycles. The van der Waals surface area contributed by atoms with E-state index >= 15 is 0 Å². The van der Waals surface area contributed by atoms with Crippen LogP contribution in [0.3, 0.4) is 0 Å². The van der Waals surface area contributed by atoms with Crippen LogP contribution in [0.1, 0.15) is 51.9 Å². The fraction of sp³-hybridized carbons (Fsp3) is 0.529. The van der Waals surface area contributed by atoms with E-state index in [1.165, 1.54) is 6.92 Å². The van der Waals surface area contributed by atoms with Crippen molar-refractivity contribution in [1.82, 2.24) is 4.90 Å². The third kappa shape index (κ3) is 4.59. The Morgan fingerprint density at radius 3 is 1.81 bits per heavy atom. The van der Waals surface area contributed by atoms with Gasteiger partial charge >= 0.3 is 0 Å². The molecule has 4 heteroatoms. The summed E-state index contributed by atoms with van der Waals surface area (Å²) in [5.41, 5.74) is 0.632. The maximum absolute atomic E-state index is 12.5. The van der Waals surface area contributed by atoms with Crippen molar-refractivity contribution < 1.29 is 14.3 Å². The number of amides is 1. The summed E-state index contributed by atoms with van der Waals surface area (Å²) in [6.07, 6.45) is -0.557. The van der Waals surface area contributed by atoms with Gasteiger partial charge in [0.05, 0.1) is 0 Å². The van der Waals surface area contributed by atoms with Gasteiger partial charge in [-0.2, -0.15) is 0 Å². The Morgan fingerprint density at radius 1 is 0.952 bits per heavy atom. The smallest absolute Gasteiger partial charge is 0.263 e. The molecular formula is C17H25NO3. The number of nitrogens with zero attached hydrogens (tertiary/aromatic N) is 1. The molecule has 0 aliphatic carbocycles. The van der Waals surface area contributed by atoms with Crippen LogP contribution in [0.25, 0.3) is 0 Å². The number of carbonyl (C=O) groups is 2. The minimum atomic E-state index is -0.557. The summed E-state index contributed by atoms with van der Waals surface area (Å²) in [7, 11) is 0. The van der Waals surface area contributed by atoms with Crippen molar-refractivity contribution in [3.8, 4) is 5.75 Å². The van der Waals surface area contributed by atoms with E-state index in [0.717, 1.165) is 0 Å². The molecule has 1 aromatic carbocycles. The Balaban J connectivity index is 2.77. The van der Waals surface area contributed by atoms with Gasteiger partial charge in [-0.25, -0.2) is 0 Å². The highest BCUT2D eigenvalue weighted by Crippen LogP contribution is 2.16. The zero-order valence-electron chi connectivity index (χ0n) is 13.7. The highest BCUT2D eigenvalue weighted by Gasteiger charge is 2.26. The molecule has 0 spiro atoms. The van der Waals surface area contributed by atoms with Gasteiger partial charge in [-0.1, -0.05) is 0 Å². The maximum atomic E-state index is 12.5. The fourth-order valence-corrected chi connectivity index (χ4v) is 2.34. The van der Waals surface area contributed by atoms with Crippen LogP contribution in [0, 0.1) is 0 Å². The number of ether oxygens (including phenoxy) is 1. The van der Waals surface area contributed by atoms with Crippen molar-refractivity contribution in [1.29, 1.82) is 0 Å². The molecule has 1 atom stereocenters. The molecule has 21 heavy (non-hydrogen) atoms. The molecule has 0 heterocycles. The van der Waals surface area contributed by atoms with Gasteiger partial charge in [0.1, 0.15) is 5.75 Å². The quantitative estimate of drug-likeness (QED) is 0.755. The highest BCUT2D eigenvalue weighted by atomic mass is 16.5. The zero-order valence-corrected chi connectivity index (χ0v) is 13.7. The minimum Gasteiger partial charge on any atom is -0.481 e. The second-order valence-corrected chi connectivity index (χ2v) is 5.77. The van der Waals surface area contributed by atoms with E-state index in [2.05, 4.69) is 0 Å². The molecule has 0 aliphatic rings. The van der Waals surface area contributed by atoms with Gasteiger partial charge in [-0.3, -0.25) is 9.59 Å². The van der Waals surface area contributed by atoms with Crippen LogP contribution in [0.15, 0.2) is 24.3 Å². The van der Waals surface area contributed by atoms with Crippen LogP contribution in [-0.2, 0) is 4.79 Å². The Morgan fingerprint density at radius 2 is 1.43 bits per heavy atom. The number of ketones is 1. The average molecular weight is 291 g/mol. The van der Waals surface area contributed by atoms with E-state index in [1.807, 2.05) is 32.6 Å². The maximum Gasteiger partial charge on any atom is 0.263 e. The highest BCUT2D eigenvalue weighted by molar-refractivity contribution is 5.94. The van der Waals surface area contributed by atoms with E-state index in [4.69, 9.17) is 4.74 Å². The molecule has 1 rings (SSSR count). The number of benzene rings is 1. The molecule has 1 unspecified atom stereocenters. The van der Waals surface area contributed by atoms with Crippen molar-refractivity contribution >= 4 is 11.7 Å². The molecule has 0 fully saturated rings. The van der Waals surface area contributed by atoms with Gasteiger partial charge in [0.15, 0.2) is 11.9 Å². The van der Waals surface area contributed by atoms with E-state index in [-0.39, 0.29) is 23.8 Å². The minimum absolute atomic E-state index is 0.0106.